The maximum atomic E-state index is 8.45. The lowest BCUT2D eigenvalue weighted by atomic mass is 9.80. The summed E-state index contributed by atoms with van der Waals surface area (Å²) in [6.07, 6.45) is 3.68. The van der Waals surface area contributed by atoms with Crippen LogP contribution in [0.1, 0.15) is 31.0 Å². The number of piperidine rings is 1. The lowest BCUT2D eigenvalue weighted by Gasteiger charge is -2.39. The van der Waals surface area contributed by atoms with Crippen LogP contribution in [-0.4, -0.2) is 42.4 Å². The SMILES string of the molecule is COc1cc(Cl)cc(C(=N)c2ncc(N3CCC(C)(CN)CC3)nc2N)c1. The number of benzene rings is 1. The van der Waals surface area contributed by atoms with Gasteiger partial charge >= 0.3 is 0 Å². The minimum Gasteiger partial charge on any atom is -0.497 e. The van der Waals surface area contributed by atoms with Crippen molar-refractivity contribution in [3.63, 3.8) is 0 Å². The van der Waals surface area contributed by atoms with Crippen molar-refractivity contribution in [1.29, 1.82) is 5.41 Å². The number of nitrogens with two attached hydrogens (primary N) is 2. The van der Waals surface area contributed by atoms with Crippen molar-refractivity contribution in [2.24, 2.45) is 11.1 Å². The topological polar surface area (TPSA) is 114 Å². The number of hydrogen-bond donors (Lipinski definition) is 3. The molecule has 5 N–H and O–H groups in total. The number of ether oxygens (including phenoxy) is 1. The molecule has 1 aromatic carbocycles. The van der Waals surface area contributed by atoms with E-state index >= 15 is 0 Å². The van der Waals surface area contributed by atoms with Gasteiger partial charge in [0.05, 0.1) is 19.0 Å². The van der Waals surface area contributed by atoms with Crippen molar-refractivity contribution in [2.45, 2.75) is 19.8 Å². The number of halogens is 1. The Morgan fingerprint density at radius 1 is 1.33 bits per heavy atom. The van der Waals surface area contributed by atoms with Crippen LogP contribution in [0.3, 0.4) is 0 Å². The van der Waals surface area contributed by atoms with E-state index in [1.807, 2.05) is 0 Å². The van der Waals surface area contributed by atoms with Gasteiger partial charge in [-0.2, -0.15) is 0 Å². The maximum absolute atomic E-state index is 8.45. The molecule has 27 heavy (non-hydrogen) atoms. The second-order valence-corrected chi connectivity index (χ2v) is 7.66. The van der Waals surface area contributed by atoms with E-state index in [0.29, 0.717) is 28.6 Å². The van der Waals surface area contributed by atoms with Gasteiger partial charge in [-0.1, -0.05) is 18.5 Å². The van der Waals surface area contributed by atoms with Gasteiger partial charge in [-0.3, -0.25) is 5.41 Å². The van der Waals surface area contributed by atoms with Gasteiger partial charge in [0.25, 0.3) is 0 Å². The maximum Gasteiger partial charge on any atom is 0.154 e. The first kappa shape index (κ1) is 19.4. The number of anilines is 2. The number of nitrogens with zero attached hydrogens (tertiary/aromatic N) is 3. The number of hydrogen-bond acceptors (Lipinski definition) is 7. The van der Waals surface area contributed by atoms with Crippen molar-refractivity contribution < 1.29 is 4.74 Å². The monoisotopic (exact) mass is 388 g/mol. The minimum atomic E-state index is 0.154. The van der Waals surface area contributed by atoms with Crippen LogP contribution in [0.15, 0.2) is 24.4 Å². The van der Waals surface area contributed by atoms with Crippen LogP contribution >= 0.6 is 11.6 Å². The summed E-state index contributed by atoms with van der Waals surface area (Å²) in [5.74, 6) is 1.53. The molecule has 1 aliphatic heterocycles. The zero-order valence-electron chi connectivity index (χ0n) is 15.6. The van der Waals surface area contributed by atoms with E-state index < -0.39 is 0 Å². The van der Waals surface area contributed by atoms with Crippen molar-refractivity contribution in [3.8, 4) is 5.75 Å². The van der Waals surface area contributed by atoms with E-state index in [4.69, 9.17) is 33.2 Å². The van der Waals surface area contributed by atoms with Crippen LogP contribution in [0.5, 0.6) is 5.75 Å². The van der Waals surface area contributed by atoms with E-state index in [2.05, 4.69) is 21.8 Å². The second kappa shape index (κ2) is 7.70. The molecule has 2 heterocycles. The predicted octanol–water partition coefficient (Wildman–Crippen LogP) is 2.70. The number of methoxy groups -OCH3 is 1. The average Bonchev–Trinajstić information content (AvgIpc) is 2.67. The van der Waals surface area contributed by atoms with Crippen molar-refractivity contribution in [3.05, 3.63) is 40.7 Å². The normalized spacial score (nSPS) is 16.2. The predicted molar refractivity (Wildman–Crippen MR) is 109 cm³/mol. The number of aromatic nitrogens is 2. The van der Waals surface area contributed by atoms with Gasteiger partial charge in [0.15, 0.2) is 5.82 Å². The fourth-order valence-electron chi connectivity index (χ4n) is 3.18. The summed E-state index contributed by atoms with van der Waals surface area (Å²) < 4.78 is 5.21. The van der Waals surface area contributed by atoms with E-state index in [1.54, 1.807) is 31.5 Å². The molecule has 0 bridgehead atoms. The molecule has 0 saturated carbocycles. The number of nitrogen functional groups attached to an aromatic ring is 1. The number of nitrogens with one attached hydrogen (secondary N) is 1. The number of rotatable bonds is 5. The van der Waals surface area contributed by atoms with Crippen LogP contribution in [0.4, 0.5) is 11.6 Å². The Kier molecular flexibility index (Phi) is 5.53. The third-order valence-electron chi connectivity index (χ3n) is 5.21. The van der Waals surface area contributed by atoms with Gasteiger partial charge < -0.3 is 21.1 Å². The van der Waals surface area contributed by atoms with Gasteiger partial charge in [-0.05, 0) is 43.0 Å². The fraction of sp³-hybridized carbons (Fsp3) is 0.421. The van der Waals surface area contributed by atoms with Crippen molar-refractivity contribution >= 4 is 28.9 Å². The molecule has 2 aromatic rings. The van der Waals surface area contributed by atoms with E-state index in [0.717, 1.165) is 31.7 Å². The smallest absolute Gasteiger partial charge is 0.154 e. The second-order valence-electron chi connectivity index (χ2n) is 7.22. The molecule has 144 valence electrons. The molecule has 1 aromatic heterocycles. The molecule has 1 fully saturated rings. The fourth-order valence-corrected chi connectivity index (χ4v) is 3.41. The van der Waals surface area contributed by atoms with Crippen molar-refractivity contribution in [2.75, 3.05) is 37.4 Å². The molecule has 1 aliphatic rings. The van der Waals surface area contributed by atoms with Crippen LogP contribution in [0.25, 0.3) is 0 Å². The van der Waals surface area contributed by atoms with Crippen molar-refractivity contribution in [1.82, 2.24) is 9.97 Å². The molecular weight excluding hydrogens is 364 g/mol. The van der Waals surface area contributed by atoms with E-state index in [9.17, 15) is 0 Å². The minimum absolute atomic E-state index is 0.154. The summed E-state index contributed by atoms with van der Waals surface area (Å²) in [7, 11) is 1.55. The molecule has 0 amide bonds. The third-order valence-corrected chi connectivity index (χ3v) is 5.42. The summed E-state index contributed by atoms with van der Waals surface area (Å²) in [5.41, 5.74) is 13.2. The molecule has 0 radical (unpaired) electrons. The largest absolute Gasteiger partial charge is 0.497 e. The molecule has 7 nitrogen and oxygen atoms in total. The Morgan fingerprint density at radius 3 is 2.63 bits per heavy atom. The highest BCUT2D eigenvalue weighted by atomic mass is 35.5. The third kappa shape index (κ3) is 4.14. The molecule has 1 saturated heterocycles. The zero-order valence-corrected chi connectivity index (χ0v) is 16.4. The molecule has 3 rings (SSSR count). The quantitative estimate of drug-likeness (QED) is 0.678. The van der Waals surface area contributed by atoms with Gasteiger partial charge in [0.2, 0.25) is 0 Å². The van der Waals surface area contributed by atoms with Crippen LogP contribution in [-0.2, 0) is 0 Å². The zero-order chi connectivity index (χ0) is 19.6. The summed E-state index contributed by atoms with van der Waals surface area (Å²) in [4.78, 5) is 11.1. The van der Waals surface area contributed by atoms with Gasteiger partial charge in [-0.25, -0.2) is 9.97 Å². The Bertz CT molecular complexity index is 848. The first-order valence-corrected chi connectivity index (χ1v) is 9.24. The summed E-state index contributed by atoms with van der Waals surface area (Å²) in [6, 6.07) is 5.09. The summed E-state index contributed by atoms with van der Waals surface area (Å²) in [5, 5.41) is 8.93. The highest BCUT2D eigenvalue weighted by Gasteiger charge is 2.29. The van der Waals surface area contributed by atoms with E-state index in [1.165, 1.54) is 0 Å². The first-order valence-electron chi connectivity index (χ1n) is 8.86. The summed E-state index contributed by atoms with van der Waals surface area (Å²) >= 11 is 6.10. The molecular formula is C19H25ClN6O. The molecule has 8 heteroatoms. The van der Waals surface area contributed by atoms with Crippen LogP contribution in [0, 0.1) is 10.8 Å². The van der Waals surface area contributed by atoms with Crippen LogP contribution in [0.2, 0.25) is 5.02 Å². The lowest BCUT2D eigenvalue weighted by Crippen LogP contribution is -2.42. The summed E-state index contributed by atoms with van der Waals surface area (Å²) in [6.45, 7) is 4.64. The molecule has 0 atom stereocenters. The Labute approximate surface area is 164 Å². The Morgan fingerprint density at radius 2 is 2.04 bits per heavy atom. The average molecular weight is 389 g/mol. The van der Waals surface area contributed by atoms with Gasteiger partial charge in [0, 0.05) is 23.7 Å². The first-order chi connectivity index (χ1) is 12.8. The standard InChI is InChI=1S/C19H25ClN6O/c1-19(11-21)3-5-26(6-4-19)15-10-24-17(18(23)25-15)16(22)12-7-13(20)9-14(8-12)27-2/h7-10,22H,3-6,11,21H2,1-2H3,(H2,23,25). The van der Waals surface area contributed by atoms with Gasteiger partial charge in [0.1, 0.15) is 17.3 Å². The Hall–Kier alpha value is -2.38. The van der Waals surface area contributed by atoms with E-state index in [-0.39, 0.29) is 16.9 Å². The molecule has 0 spiro atoms. The molecule has 0 unspecified atom stereocenters. The highest BCUT2D eigenvalue weighted by molar-refractivity contribution is 6.31. The molecule has 0 aliphatic carbocycles. The lowest BCUT2D eigenvalue weighted by molar-refractivity contribution is 0.258. The Balaban J connectivity index is 1.81. The van der Waals surface area contributed by atoms with Crippen LogP contribution < -0.4 is 21.1 Å². The highest BCUT2D eigenvalue weighted by Crippen LogP contribution is 2.31. The van der Waals surface area contributed by atoms with Gasteiger partial charge in [-0.15, -0.1) is 0 Å².